The second-order valence-electron chi connectivity index (χ2n) is 4.64. The van der Waals surface area contributed by atoms with Crippen molar-refractivity contribution >= 4 is 55.4 Å². The predicted molar refractivity (Wildman–Crippen MR) is 84.8 cm³/mol. The summed E-state index contributed by atoms with van der Waals surface area (Å²) in [6, 6.07) is 19.1. The smallest absolute Gasteiger partial charge is 0.0818 e. The molecule has 0 amide bonds. The first-order chi connectivity index (χ1) is 9.38. The molecule has 0 saturated heterocycles. The first-order valence-electron chi connectivity index (χ1n) is 6.13. The van der Waals surface area contributed by atoms with E-state index in [1.807, 2.05) is 6.07 Å². The van der Waals surface area contributed by atoms with Crippen molar-refractivity contribution in [1.29, 1.82) is 0 Å². The molecule has 0 saturated carbocycles. The Morgan fingerprint density at radius 1 is 0.737 bits per heavy atom. The molecule has 4 aromatic rings. The van der Waals surface area contributed by atoms with Crippen molar-refractivity contribution < 1.29 is 0 Å². The van der Waals surface area contributed by atoms with Gasteiger partial charge in [-0.2, -0.15) is 4.99 Å². The largest absolute Gasteiger partial charge is 0.194 e. The molecule has 0 radical (unpaired) electrons. The monoisotopic (exact) mass is 259 g/mol. The molecule has 0 bridgehead atoms. The van der Waals surface area contributed by atoms with Crippen LogP contribution in [-0.2, 0) is 0 Å². The first-order valence-corrected chi connectivity index (χ1v) is 6.54. The normalized spacial score (nSPS) is 11.2. The van der Waals surface area contributed by atoms with Gasteiger partial charge < -0.3 is 0 Å². The SMILES string of the molecule is S=C=Nc1ccc2ccc3cccc4ccc1c2c34. The van der Waals surface area contributed by atoms with Crippen LogP contribution in [-0.4, -0.2) is 5.16 Å². The van der Waals surface area contributed by atoms with Gasteiger partial charge in [0.2, 0.25) is 0 Å². The van der Waals surface area contributed by atoms with E-state index in [1.165, 1.54) is 26.9 Å². The molecule has 0 spiro atoms. The fraction of sp³-hybridized carbons (Fsp3) is 0. The molecule has 1 nitrogen and oxygen atoms in total. The van der Waals surface area contributed by atoms with Crippen LogP contribution in [0, 0.1) is 0 Å². The minimum absolute atomic E-state index is 0.890. The van der Waals surface area contributed by atoms with Crippen molar-refractivity contribution in [3.8, 4) is 0 Å². The third-order valence-corrected chi connectivity index (χ3v) is 3.76. The quantitative estimate of drug-likeness (QED) is 0.256. The Kier molecular flexibility index (Phi) is 2.16. The molecular formula is C17H9NS. The van der Waals surface area contributed by atoms with E-state index in [0.717, 1.165) is 11.1 Å². The topological polar surface area (TPSA) is 12.4 Å². The van der Waals surface area contributed by atoms with Crippen molar-refractivity contribution in [2.24, 2.45) is 4.99 Å². The van der Waals surface area contributed by atoms with E-state index in [9.17, 15) is 0 Å². The van der Waals surface area contributed by atoms with Crippen LogP contribution in [0.1, 0.15) is 0 Å². The van der Waals surface area contributed by atoms with E-state index in [2.05, 4.69) is 58.7 Å². The average Bonchev–Trinajstić information content (AvgIpc) is 2.46. The first kappa shape index (κ1) is 10.6. The van der Waals surface area contributed by atoms with E-state index in [-0.39, 0.29) is 0 Å². The van der Waals surface area contributed by atoms with Gasteiger partial charge in [-0.1, -0.05) is 48.5 Å². The van der Waals surface area contributed by atoms with Crippen molar-refractivity contribution in [1.82, 2.24) is 0 Å². The zero-order valence-electron chi connectivity index (χ0n) is 10.1. The molecule has 0 atom stereocenters. The summed E-state index contributed by atoms with van der Waals surface area (Å²) < 4.78 is 0. The fourth-order valence-electron chi connectivity index (χ4n) is 2.87. The zero-order chi connectivity index (χ0) is 12.8. The van der Waals surface area contributed by atoms with Gasteiger partial charge in [-0.25, -0.2) is 0 Å². The molecule has 0 aromatic heterocycles. The van der Waals surface area contributed by atoms with Crippen LogP contribution in [0.3, 0.4) is 0 Å². The lowest BCUT2D eigenvalue weighted by atomic mass is 9.94. The molecule has 4 aromatic carbocycles. The number of hydrogen-bond donors (Lipinski definition) is 0. The molecule has 0 fully saturated rings. The molecule has 0 unspecified atom stereocenters. The van der Waals surface area contributed by atoms with E-state index < -0.39 is 0 Å². The van der Waals surface area contributed by atoms with Gasteiger partial charge in [-0.3, -0.25) is 0 Å². The Labute approximate surface area is 115 Å². The van der Waals surface area contributed by atoms with E-state index >= 15 is 0 Å². The van der Waals surface area contributed by atoms with Crippen LogP contribution in [0.5, 0.6) is 0 Å². The standard InChI is InChI=1S/C17H9NS/c19-10-18-15-9-7-13-5-4-11-2-1-3-12-6-8-14(15)17(13)16(11)12/h1-9H. The van der Waals surface area contributed by atoms with E-state index in [0.29, 0.717) is 0 Å². The maximum atomic E-state index is 4.73. The number of hydrogen-bond acceptors (Lipinski definition) is 2. The number of benzene rings is 4. The van der Waals surface area contributed by atoms with Crippen LogP contribution in [0.15, 0.2) is 59.6 Å². The maximum Gasteiger partial charge on any atom is 0.0818 e. The summed E-state index contributed by atoms with van der Waals surface area (Å²) in [5.74, 6) is 0. The van der Waals surface area contributed by atoms with Gasteiger partial charge in [0.1, 0.15) is 0 Å². The Balaban J connectivity index is 2.38. The fourth-order valence-corrected chi connectivity index (χ4v) is 2.96. The molecule has 0 aliphatic carbocycles. The van der Waals surface area contributed by atoms with Crippen LogP contribution in [0.2, 0.25) is 0 Å². The minimum atomic E-state index is 0.890. The number of thiocarbonyl (C=S) groups is 1. The maximum absolute atomic E-state index is 4.73. The van der Waals surface area contributed by atoms with Crippen LogP contribution < -0.4 is 0 Å². The van der Waals surface area contributed by atoms with Gasteiger partial charge in [0, 0.05) is 5.39 Å². The van der Waals surface area contributed by atoms with Crippen molar-refractivity contribution in [2.75, 3.05) is 0 Å². The summed E-state index contributed by atoms with van der Waals surface area (Å²) in [7, 11) is 0. The molecule has 0 heterocycles. The summed E-state index contributed by atoms with van der Waals surface area (Å²) in [6.45, 7) is 0. The number of isothiocyanates is 1. The Hall–Kier alpha value is -2.28. The van der Waals surface area contributed by atoms with Gasteiger partial charge in [-0.15, -0.1) is 0 Å². The molecule has 4 rings (SSSR count). The van der Waals surface area contributed by atoms with Gasteiger partial charge in [0.15, 0.2) is 0 Å². The molecule has 0 N–H and O–H groups in total. The summed E-state index contributed by atoms with van der Waals surface area (Å²) >= 11 is 4.73. The van der Waals surface area contributed by atoms with Crippen molar-refractivity contribution in [2.45, 2.75) is 0 Å². The molecule has 0 aliphatic rings. The van der Waals surface area contributed by atoms with Crippen LogP contribution >= 0.6 is 12.2 Å². The van der Waals surface area contributed by atoms with Gasteiger partial charge in [-0.05, 0) is 45.2 Å². The highest BCUT2D eigenvalue weighted by molar-refractivity contribution is 7.78. The minimum Gasteiger partial charge on any atom is -0.194 e. The molecule has 88 valence electrons. The van der Waals surface area contributed by atoms with Gasteiger partial charge >= 0.3 is 0 Å². The number of rotatable bonds is 1. The third kappa shape index (κ3) is 1.42. The summed E-state index contributed by atoms with van der Waals surface area (Å²) in [5, 5.41) is 9.94. The van der Waals surface area contributed by atoms with Gasteiger partial charge in [0.05, 0.1) is 10.8 Å². The number of nitrogens with zero attached hydrogens (tertiary/aromatic N) is 1. The van der Waals surface area contributed by atoms with Crippen molar-refractivity contribution in [3.05, 3.63) is 54.6 Å². The summed E-state index contributed by atoms with van der Waals surface area (Å²) in [6.07, 6.45) is 0. The van der Waals surface area contributed by atoms with Gasteiger partial charge in [0.25, 0.3) is 0 Å². The Bertz CT molecular complexity index is 949. The lowest BCUT2D eigenvalue weighted by molar-refractivity contribution is 1.61. The summed E-state index contributed by atoms with van der Waals surface area (Å²) in [5.41, 5.74) is 0.890. The Morgan fingerprint density at radius 2 is 1.37 bits per heavy atom. The molecular weight excluding hydrogens is 250 g/mol. The second kappa shape index (κ2) is 3.86. The predicted octanol–water partition coefficient (Wildman–Crippen LogP) is 5.32. The lowest BCUT2D eigenvalue weighted by Gasteiger charge is -2.11. The lowest BCUT2D eigenvalue weighted by Crippen LogP contribution is -1.83. The highest BCUT2D eigenvalue weighted by Crippen LogP contribution is 2.38. The van der Waals surface area contributed by atoms with E-state index in [1.54, 1.807) is 0 Å². The number of aliphatic imine (C=N–C) groups is 1. The van der Waals surface area contributed by atoms with Crippen LogP contribution in [0.4, 0.5) is 5.69 Å². The van der Waals surface area contributed by atoms with E-state index in [4.69, 9.17) is 12.2 Å². The third-order valence-electron chi connectivity index (χ3n) is 3.67. The molecule has 2 heteroatoms. The second-order valence-corrected chi connectivity index (χ2v) is 4.83. The van der Waals surface area contributed by atoms with Crippen molar-refractivity contribution in [3.63, 3.8) is 0 Å². The zero-order valence-corrected chi connectivity index (χ0v) is 10.9. The average molecular weight is 259 g/mol. The highest BCUT2D eigenvalue weighted by atomic mass is 32.1. The Morgan fingerprint density at radius 3 is 2.11 bits per heavy atom. The highest BCUT2D eigenvalue weighted by Gasteiger charge is 2.09. The van der Waals surface area contributed by atoms with Crippen LogP contribution in [0.25, 0.3) is 32.3 Å². The molecule has 19 heavy (non-hydrogen) atoms. The molecule has 0 aliphatic heterocycles. The summed E-state index contributed by atoms with van der Waals surface area (Å²) in [4.78, 5) is 4.18.